The second-order valence-electron chi connectivity index (χ2n) is 6.46. The predicted molar refractivity (Wildman–Crippen MR) is 83.6 cm³/mol. The van der Waals surface area contributed by atoms with Crippen molar-refractivity contribution in [1.82, 2.24) is 15.0 Å². The molecule has 2 rings (SSSR count). The van der Waals surface area contributed by atoms with E-state index in [4.69, 9.17) is 9.26 Å². The minimum absolute atomic E-state index is 0.0786. The van der Waals surface area contributed by atoms with Crippen molar-refractivity contribution in [2.75, 3.05) is 33.4 Å². The van der Waals surface area contributed by atoms with Crippen molar-refractivity contribution in [2.24, 2.45) is 5.92 Å². The van der Waals surface area contributed by atoms with E-state index in [1.54, 1.807) is 11.0 Å². The number of hydrogen-bond donors (Lipinski definition) is 0. The number of ether oxygens (including phenoxy) is 1. The predicted octanol–water partition coefficient (Wildman–Crippen LogP) is 2.01. The summed E-state index contributed by atoms with van der Waals surface area (Å²) in [7, 11) is 1.83. The van der Waals surface area contributed by atoms with Crippen molar-refractivity contribution < 1.29 is 14.1 Å². The van der Waals surface area contributed by atoms with Gasteiger partial charge in [0.25, 0.3) is 5.91 Å². The van der Waals surface area contributed by atoms with E-state index in [0.717, 1.165) is 38.5 Å². The molecule has 1 aliphatic heterocycles. The second kappa shape index (κ2) is 7.74. The summed E-state index contributed by atoms with van der Waals surface area (Å²) in [4.78, 5) is 16.4. The zero-order valence-corrected chi connectivity index (χ0v) is 14.0. The Hall–Kier alpha value is -1.40. The first-order chi connectivity index (χ1) is 10.5. The molecule has 6 nitrogen and oxygen atoms in total. The molecule has 0 spiro atoms. The van der Waals surface area contributed by atoms with Gasteiger partial charge < -0.3 is 14.2 Å². The van der Waals surface area contributed by atoms with Crippen molar-refractivity contribution >= 4 is 5.91 Å². The average Bonchev–Trinajstić information content (AvgIpc) is 2.94. The van der Waals surface area contributed by atoms with E-state index in [2.05, 4.69) is 30.8 Å². The Bertz CT molecular complexity index is 481. The summed E-state index contributed by atoms with van der Waals surface area (Å²) in [5, 5.41) is 3.94. The van der Waals surface area contributed by atoms with Gasteiger partial charge in [-0.2, -0.15) is 0 Å². The van der Waals surface area contributed by atoms with Crippen LogP contribution in [0.2, 0.25) is 0 Å². The molecular weight excluding hydrogens is 282 g/mol. The summed E-state index contributed by atoms with van der Waals surface area (Å²) in [6, 6.07) is 1.95. The van der Waals surface area contributed by atoms with E-state index in [-0.39, 0.29) is 11.9 Å². The first-order valence-corrected chi connectivity index (χ1v) is 8.00. The Morgan fingerprint density at radius 1 is 1.36 bits per heavy atom. The molecule has 124 valence electrons. The van der Waals surface area contributed by atoms with Gasteiger partial charge in [0, 0.05) is 32.2 Å². The van der Waals surface area contributed by atoms with Gasteiger partial charge in [-0.05, 0) is 19.3 Å². The van der Waals surface area contributed by atoms with Gasteiger partial charge in [-0.3, -0.25) is 9.69 Å². The molecule has 1 fully saturated rings. The molecule has 1 atom stereocenters. The van der Waals surface area contributed by atoms with Crippen LogP contribution in [0.5, 0.6) is 0 Å². The zero-order chi connectivity index (χ0) is 16.1. The molecule has 0 radical (unpaired) electrons. The minimum Gasteiger partial charge on any atom is -0.379 e. The van der Waals surface area contributed by atoms with Crippen LogP contribution in [-0.2, 0) is 11.3 Å². The van der Waals surface area contributed by atoms with Crippen molar-refractivity contribution in [1.29, 1.82) is 0 Å². The molecule has 0 saturated carbocycles. The Labute approximate surface area is 132 Å². The molecule has 22 heavy (non-hydrogen) atoms. The van der Waals surface area contributed by atoms with Crippen LogP contribution in [0.4, 0.5) is 0 Å². The standard InChI is InChI=1S/C16H27N3O3/c1-12(2)9-13(3)18(4)16(20)15-10-14(22-17-15)11-19-5-7-21-8-6-19/h10,12-13H,5-9,11H2,1-4H3. The molecule has 1 amide bonds. The maximum Gasteiger partial charge on any atom is 0.276 e. The van der Waals surface area contributed by atoms with Gasteiger partial charge in [-0.25, -0.2) is 0 Å². The van der Waals surface area contributed by atoms with Crippen LogP contribution in [0.25, 0.3) is 0 Å². The number of amides is 1. The number of morpholine rings is 1. The van der Waals surface area contributed by atoms with Gasteiger partial charge >= 0.3 is 0 Å². The Balaban J connectivity index is 1.93. The number of nitrogens with zero attached hydrogens (tertiary/aromatic N) is 3. The molecule has 0 N–H and O–H groups in total. The summed E-state index contributed by atoms with van der Waals surface area (Å²) in [5.41, 5.74) is 0.390. The smallest absolute Gasteiger partial charge is 0.276 e. The van der Waals surface area contributed by atoms with Crippen LogP contribution < -0.4 is 0 Å². The fraction of sp³-hybridized carbons (Fsp3) is 0.750. The number of rotatable bonds is 6. The third kappa shape index (κ3) is 4.55. The van der Waals surface area contributed by atoms with Crippen LogP contribution in [0.3, 0.4) is 0 Å². The Morgan fingerprint density at radius 3 is 2.68 bits per heavy atom. The lowest BCUT2D eigenvalue weighted by atomic mass is 10.0. The zero-order valence-electron chi connectivity index (χ0n) is 14.0. The summed E-state index contributed by atoms with van der Waals surface area (Å²) in [6.07, 6.45) is 0.973. The van der Waals surface area contributed by atoms with Gasteiger partial charge in [0.1, 0.15) is 0 Å². The van der Waals surface area contributed by atoms with Crippen LogP contribution in [0, 0.1) is 5.92 Å². The van der Waals surface area contributed by atoms with Crippen molar-refractivity contribution in [3.05, 3.63) is 17.5 Å². The maximum absolute atomic E-state index is 12.4. The Morgan fingerprint density at radius 2 is 2.05 bits per heavy atom. The summed E-state index contributed by atoms with van der Waals surface area (Å²) in [5.74, 6) is 1.21. The largest absolute Gasteiger partial charge is 0.379 e. The third-order valence-electron chi connectivity index (χ3n) is 4.06. The summed E-state index contributed by atoms with van der Waals surface area (Å²) in [6.45, 7) is 10.3. The SMILES string of the molecule is CC(C)CC(C)N(C)C(=O)c1cc(CN2CCOCC2)on1. The van der Waals surface area contributed by atoms with E-state index in [1.165, 1.54) is 0 Å². The van der Waals surface area contributed by atoms with Crippen molar-refractivity contribution in [2.45, 2.75) is 39.8 Å². The normalized spacial score (nSPS) is 17.7. The second-order valence-corrected chi connectivity index (χ2v) is 6.46. The topological polar surface area (TPSA) is 58.8 Å². The molecule has 1 aliphatic rings. The van der Waals surface area contributed by atoms with E-state index in [1.807, 2.05) is 7.05 Å². The monoisotopic (exact) mass is 309 g/mol. The maximum atomic E-state index is 12.4. The highest BCUT2D eigenvalue weighted by Gasteiger charge is 2.22. The Kier molecular flexibility index (Phi) is 5.97. The number of aromatic nitrogens is 1. The van der Waals surface area contributed by atoms with Crippen molar-refractivity contribution in [3.63, 3.8) is 0 Å². The fourth-order valence-corrected chi connectivity index (χ4v) is 2.69. The molecule has 0 aliphatic carbocycles. The third-order valence-corrected chi connectivity index (χ3v) is 4.06. The minimum atomic E-state index is -0.0786. The molecule has 2 heterocycles. The molecular formula is C16H27N3O3. The highest BCUT2D eigenvalue weighted by atomic mass is 16.5. The van der Waals surface area contributed by atoms with Crippen LogP contribution in [0.1, 0.15) is 43.4 Å². The average molecular weight is 309 g/mol. The van der Waals surface area contributed by atoms with Gasteiger partial charge in [0.05, 0.1) is 19.8 Å². The van der Waals surface area contributed by atoms with Gasteiger partial charge in [0.2, 0.25) is 0 Å². The van der Waals surface area contributed by atoms with Crippen LogP contribution in [0.15, 0.2) is 10.6 Å². The number of carbonyl (C=O) groups is 1. The summed E-state index contributed by atoms with van der Waals surface area (Å²) < 4.78 is 10.6. The van der Waals surface area contributed by atoms with Gasteiger partial charge in [-0.15, -0.1) is 0 Å². The van der Waals surface area contributed by atoms with E-state index in [9.17, 15) is 4.79 Å². The van der Waals surface area contributed by atoms with E-state index >= 15 is 0 Å². The molecule has 1 aromatic rings. The first-order valence-electron chi connectivity index (χ1n) is 8.00. The lowest BCUT2D eigenvalue weighted by Gasteiger charge is -2.25. The quantitative estimate of drug-likeness (QED) is 0.804. The molecule has 1 saturated heterocycles. The van der Waals surface area contributed by atoms with Crippen LogP contribution >= 0.6 is 0 Å². The van der Waals surface area contributed by atoms with Crippen LogP contribution in [-0.4, -0.2) is 60.3 Å². The van der Waals surface area contributed by atoms with Crippen molar-refractivity contribution in [3.8, 4) is 0 Å². The fourth-order valence-electron chi connectivity index (χ4n) is 2.69. The first kappa shape index (κ1) is 17.0. The molecule has 6 heteroatoms. The van der Waals surface area contributed by atoms with E-state index < -0.39 is 0 Å². The van der Waals surface area contributed by atoms with E-state index in [0.29, 0.717) is 18.2 Å². The lowest BCUT2D eigenvalue weighted by Crippen LogP contribution is -2.36. The summed E-state index contributed by atoms with van der Waals surface area (Å²) >= 11 is 0. The highest BCUT2D eigenvalue weighted by Crippen LogP contribution is 2.14. The number of carbonyl (C=O) groups excluding carboxylic acids is 1. The molecule has 1 aromatic heterocycles. The lowest BCUT2D eigenvalue weighted by molar-refractivity contribution is 0.0305. The van der Waals surface area contributed by atoms with Gasteiger partial charge in [-0.1, -0.05) is 19.0 Å². The van der Waals surface area contributed by atoms with Gasteiger partial charge in [0.15, 0.2) is 11.5 Å². The number of hydrogen-bond acceptors (Lipinski definition) is 5. The molecule has 1 unspecified atom stereocenters. The molecule has 0 bridgehead atoms. The molecule has 0 aromatic carbocycles. The highest BCUT2D eigenvalue weighted by molar-refractivity contribution is 5.92.